The summed E-state index contributed by atoms with van der Waals surface area (Å²) in [6.07, 6.45) is 2.25. The first-order chi connectivity index (χ1) is 8.15. The molecule has 0 spiro atoms. The van der Waals surface area contributed by atoms with E-state index in [9.17, 15) is 9.59 Å². The molecular formula is C12H19NO4. The summed E-state index contributed by atoms with van der Waals surface area (Å²) in [6, 6.07) is 0.286. The fraction of sp³-hybridized carbons (Fsp3) is 0.750. The van der Waals surface area contributed by atoms with Crippen molar-refractivity contribution in [1.82, 2.24) is 0 Å². The number of ether oxygens (including phenoxy) is 2. The number of aliphatic imine (C=N–C) groups is 1. The third-order valence-corrected chi connectivity index (χ3v) is 2.22. The minimum absolute atomic E-state index is 0.0865. The molecule has 0 aromatic carbocycles. The molecule has 1 aliphatic rings. The largest absolute Gasteiger partial charge is 0.466 e. The molecule has 0 amide bonds. The molecule has 1 rings (SSSR count). The Hall–Kier alpha value is -1.39. The molecule has 96 valence electrons. The van der Waals surface area contributed by atoms with Crippen LogP contribution >= 0.6 is 0 Å². The lowest BCUT2D eigenvalue weighted by Crippen LogP contribution is -2.17. The van der Waals surface area contributed by atoms with Crippen LogP contribution in [-0.2, 0) is 19.1 Å². The summed E-state index contributed by atoms with van der Waals surface area (Å²) in [5.74, 6) is -0.674. The fourth-order valence-corrected chi connectivity index (χ4v) is 1.37. The maximum absolute atomic E-state index is 11.3. The second kappa shape index (κ2) is 7.04. The molecule has 0 N–H and O–H groups in total. The summed E-state index contributed by atoms with van der Waals surface area (Å²) < 4.78 is 9.69. The Bertz CT molecular complexity index is 286. The van der Waals surface area contributed by atoms with Crippen molar-refractivity contribution in [2.45, 2.75) is 45.6 Å². The van der Waals surface area contributed by atoms with Crippen molar-refractivity contribution in [2.75, 3.05) is 13.2 Å². The van der Waals surface area contributed by atoms with E-state index < -0.39 is 0 Å². The number of carbonyl (C=O) groups excluding carboxylic acids is 2. The number of hydrogen-bond donors (Lipinski definition) is 0. The molecule has 0 bridgehead atoms. The predicted octanol–water partition coefficient (Wildman–Crippen LogP) is 1.50. The lowest BCUT2D eigenvalue weighted by Gasteiger charge is -2.06. The molecular weight excluding hydrogens is 222 g/mol. The number of carbonyl (C=O) groups is 2. The molecule has 1 aliphatic carbocycles. The summed E-state index contributed by atoms with van der Waals surface area (Å²) in [6.45, 7) is 4.19. The van der Waals surface area contributed by atoms with Crippen LogP contribution in [0.1, 0.15) is 39.5 Å². The van der Waals surface area contributed by atoms with Gasteiger partial charge in [-0.2, -0.15) is 0 Å². The standard InChI is InChI=1S/C12H19NO4/c1-3-16-11(14)7-10(13-9-5-6-9)8-12(15)17-4-2/h9H,3-8H2,1-2H3. The molecule has 1 saturated carbocycles. The monoisotopic (exact) mass is 241 g/mol. The van der Waals surface area contributed by atoms with Gasteiger partial charge in [0.25, 0.3) is 0 Å². The van der Waals surface area contributed by atoms with E-state index in [1.807, 2.05) is 0 Å². The van der Waals surface area contributed by atoms with Gasteiger partial charge in [-0.25, -0.2) is 0 Å². The topological polar surface area (TPSA) is 65.0 Å². The SMILES string of the molecule is CCOC(=O)CC(CC(=O)OCC)=NC1CC1. The molecule has 5 heteroatoms. The van der Waals surface area contributed by atoms with Gasteiger partial charge in [-0.1, -0.05) is 0 Å². The van der Waals surface area contributed by atoms with Crippen molar-refractivity contribution in [3.8, 4) is 0 Å². The molecule has 0 aliphatic heterocycles. The van der Waals surface area contributed by atoms with Crippen LogP contribution in [0.4, 0.5) is 0 Å². The zero-order valence-corrected chi connectivity index (χ0v) is 10.4. The molecule has 0 aromatic heterocycles. The van der Waals surface area contributed by atoms with Gasteiger partial charge >= 0.3 is 11.9 Å². The first kappa shape index (κ1) is 13.7. The van der Waals surface area contributed by atoms with Crippen molar-refractivity contribution in [3.63, 3.8) is 0 Å². The van der Waals surface area contributed by atoms with Crippen molar-refractivity contribution < 1.29 is 19.1 Å². The summed E-state index contributed by atoms with van der Waals surface area (Å²) in [5, 5.41) is 0. The van der Waals surface area contributed by atoms with Crippen molar-refractivity contribution in [1.29, 1.82) is 0 Å². The van der Waals surface area contributed by atoms with E-state index in [-0.39, 0.29) is 30.8 Å². The zero-order valence-electron chi connectivity index (χ0n) is 10.4. The quantitative estimate of drug-likeness (QED) is 0.500. The Kier molecular flexibility index (Phi) is 5.66. The maximum atomic E-state index is 11.3. The Morgan fingerprint density at radius 3 is 1.88 bits per heavy atom. The van der Waals surface area contributed by atoms with Gasteiger partial charge in [0, 0.05) is 5.71 Å². The number of hydrogen-bond acceptors (Lipinski definition) is 5. The Morgan fingerprint density at radius 1 is 1.06 bits per heavy atom. The molecule has 0 heterocycles. The lowest BCUT2D eigenvalue weighted by molar-refractivity contribution is -0.141. The Balaban J connectivity index is 2.48. The molecule has 0 aromatic rings. The van der Waals surface area contributed by atoms with Crippen LogP contribution in [-0.4, -0.2) is 36.9 Å². The molecule has 17 heavy (non-hydrogen) atoms. The van der Waals surface area contributed by atoms with E-state index in [0.717, 1.165) is 12.8 Å². The van der Waals surface area contributed by atoms with Crippen molar-refractivity contribution in [2.24, 2.45) is 4.99 Å². The Morgan fingerprint density at radius 2 is 1.53 bits per heavy atom. The summed E-state index contributed by atoms with van der Waals surface area (Å²) in [7, 11) is 0. The normalized spacial score (nSPS) is 14.0. The first-order valence-electron chi connectivity index (χ1n) is 6.02. The minimum atomic E-state index is -0.337. The second-order valence-corrected chi connectivity index (χ2v) is 3.89. The van der Waals surface area contributed by atoms with Crippen LogP contribution in [0.5, 0.6) is 0 Å². The summed E-state index contributed by atoms with van der Waals surface area (Å²) in [5.41, 5.74) is 0.574. The van der Waals surface area contributed by atoms with Gasteiger partial charge in [0.2, 0.25) is 0 Å². The highest BCUT2D eigenvalue weighted by atomic mass is 16.5. The summed E-state index contributed by atoms with van der Waals surface area (Å²) >= 11 is 0. The van der Waals surface area contributed by atoms with Crippen LogP contribution < -0.4 is 0 Å². The molecule has 0 saturated heterocycles. The van der Waals surface area contributed by atoms with E-state index in [1.165, 1.54) is 0 Å². The first-order valence-corrected chi connectivity index (χ1v) is 6.02. The smallest absolute Gasteiger partial charge is 0.311 e. The van der Waals surface area contributed by atoms with Crippen LogP contribution in [0, 0.1) is 0 Å². The van der Waals surface area contributed by atoms with Gasteiger partial charge in [-0.05, 0) is 26.7 Å². The van der Waals surface area contributed by atoms with E-state index >= 15 is 0 Å². The molecule has 0 atom stereocenters. The predicted molar refractivity (Wildman–Crippen MR) is 63.0 cm³/mol. The van der Waals surface area contributed by atoms with Gasteiger partial charge in [0.15, 0.2) is 0 Å². The third-order valence-electron chi connectivity index (χ3n) is 2.22. The maximum Gasteiger partial charge on any atom is 0.311 e. The molecule has 5 nitrogen and oxygen atoms in total. The number of rotatable bonds is 7. The average molecular weight is 241 g/mol. The van der Waals surface area contributed by atoms with Gasteiger partial charge in [0.05, 0.1) is 32.1 Å². The highest BCUT2D eigenvalue weighted by Gasteiger charge is 2.23. The molecule has 0 unspecified atom stereocenters. The average Bonchev–Trinajstić information content (AvgIpc) is 3.01. The van der Waals surface area contributed by atoms with E-state index in [2.05, 4.69) is 4.99 Å². The molecule has 1 fully saturated rings. The van der Waals surface area contributed by atoms with Crippen molar-refractivity contribution >= 4 is 17.7 Å². The highest BCUT2D eigenvalue weighted by Crippen LogP contribution is 2.24. The minimum Gasteiger partial charge on any atom is -0.466 e. The fourth-order valence-electron chi connectivity index (χ4n) is 1.37. The Labute approximate surface area is 101 Å². The van der Waals surface area contributed by atoms with E-state index in [1.54, 1.807) is 13.8 Å². The highest BCUT2D eigenvalue weighted by molar-refractivity contribution is 6.06. The van der Waals surface area contributed by atoms with Crippen LogP contribution in [0.3, 0.4) is 0 Å². The third kappa shape index (κ3) is 6.04. The van der Waals surface area contributed by atoms with E-state index in [0.29, 0.717) is 18.9 Å². The number of nitrogens with zero attached hydrogens (tertiary/aromatic N) is 1. The van der Waals surface area contributed by atoms with Gasteiger partial charge in [-0.3, -0.25) is 14.6 Å². The van der Waals surface area contributed by atoms with Gasteiger partial charge in [-0.15, -0.1) is 0 Å². The second-order valence-electron chi connectivity index (χ2n) is 3.89. The number of esters is 2. The van der Waals surface area contributed by atoms with E-state index in [4.69, 9.17) is 9.47 Å². The van der Waals surface area contributed by atoms with Gasteiger partial charge < -0.3 is 9.47 Å². The lowest BCUT2D eigenvalue weighted by atomic mass is 10.2. The van der Waals surface area contributed by atoms with Crippen LogP contribution in [0.2, 0.25) is 0 Å². The zero-order chi connectivity index (χ0) is 12.7. The van der Waals surface area contributed by atoms with Crippen LogP contribution in [0.15, 0.2) is 4.99 Å². The van der Waals surface area contributed by atoms with Crippen molar-refractivity contribution in [3.05, 3.63) is 0 Å². The van der Waals surface area contributed by atoms with Crippen LogP contribution in [0.25, 0.3) is 0 Å². The van der Waals surface area contributed by atoms with Gasteiger partial charge in [0.1, 0.15) is 0 Å². The summed E-state index contributed by atoms with van der Waals surface area (Å²) in [4.78, 5) is 27.0. The molecule has 0 radical (unpaired) electrons.